The number of carbonyl (C=O) groups is 3. The highest BCUT2D eigenvalue weighted by atomic mass is 35.5. The normalized spacial score (nSPS) is 32.0. The van der Waals surface area contributed by atoms with Crippen molar-refractivity contribution >= 4 is 52.3 Å². The molecule has 2 aromatic carbocycles. The fraction of sp³-hybridized carbons (Fsp3) is 0.318. The largest absolute Gasteiger partial charge is 0.324 e. The molecule has 3 fully saturated rings. The summed E-state index contributed by atoms with van der Waals surface area (Å²) in [6.45, 7) is 0.684. The topological polar surface area (TPSA) is 69.7 Å². The number of anilines is 2. The molecule has 3 amide bonds. The number of fused-ring (bicyclic) bond motifs is 7. The fourth-order valence-corrected chi connectivity index (χ4v) is 6.60. The van der Waals surface area contributed by atoms with Crippen molar-refractivity contribution in [3.05, 3.63) is 58.1 Å². The van der Waals surface area contributed by atoms with Gasteiger partial charge in [0.1, 0.15) is 5.54 Å². The van der Waals surface area contributed by atoms with Crippen LogP contribution in [0.4, 0.5) is 11.4 Å². The monoisotopic (exact) mass is 441 g/mol. The van der Waals surface area contributed by atoms with Gasteiger partial charge in [-0.15, -0.1) is 0 Å². The Kier molecular flexibility index (Phi) is 3.71. The molecular weight excluding hydrogens is 425 g/mol. The van der Waals surface area contributed by atoms with Crippen molar-refractivity contribution in [1.82, 2.24) is 4.90 Å². The van der Waals surface area contributed by atoms with E-state index < -0.39 is 17.4 Å². The Bertz CT molecular complexity index is 1130. The number of carbonyl (C=O) groups excluding carboxylic acids is 3. The van der Waals surface area contributed by atoms with Crippen molar-refractivity contribution in [2.75, 3.05) is 16.8 Å². The Morgan fingerprint density at radius 2 is 1.73 bits per heavy atom. The summed E-state index contributed by atoms with van der Waals surface area (Å²) in [5.41, 5.74) is 0.676. The molecule has 6 rings (SSSR count). The fourth-order valence-electron chi connectivity index (χ4n) is 6.08. The van der Waals surface area contributed by atoms with E-state index in [9.17, 15) is 14.4 Å². The van der Waals surface area contributed by atoms with E-state index in [1.165, 1.54) is 4.90 Å². The molecule has 4 aliphatic rings. The number of imide groups is 1. The molecule has 0 bridgehead atoms. The summed E-state index contributed by atoms with van der Waals surface area (Å²) >= 11 is 12.3. The van der Waals surface area contributed by atoms with Crippen LogP contribution in [0.15, 0.2) is 42.5 Å². The molecule has 152 valence electrons. The summed E-state index contributed by atoms with van der Waals surface area (Å²) < 4.78 is 0. The molecule has 1 spiro atoms. The summed E-state index contributed by atoms with van der Waals surface area (Å²) in [4.78, 5) is 44.1. The van der Waals surface area contributed by atoms with E-state index in [0.717, 1.165) is 18.4 Å². The van der Waals surface area contributed by atoms with Crippen LogP contribution in [0.3, 0.4) is 0 Å². The molecule has 4 atom stereocenters. The van der Waals surface area contributed by atoms with Crippen molar-refractivity contribution in [3.8, 4) is 0 Å². The molecule has 1 N–H and O–H groups in total. The first-order valence-corrected chi connectivity index (χ1v) is 10.7. The molecule has 0 saturated carbocycles. The van der Waals surface area contributed by atoms with Crippen LogP contribution in [0, 0.1) is 11.8 Å². The Morgan fingerprint density at radius 3 is 2.50 bits per heavy atom. The van der Waals surface area contributed by atoms with Crippen LogP contribution >= 0.6 is 23.2 Å². The third-order valence-electron chi connectivity index (χ3n) is 7.01. The van der Waals surface area contributed by atoms with Crippen molar-refractivity contribution in [3.63, 3.8) is 0 Å². The number of hydrogen-bond donors (Lipinski definition) is 1. The van der Waals surface area contributed by atoms with Gasteiger partial charge in [-0.25, -0.2) is 4.90 Å². The number of amides is 3. The number of nitrogens with one attached hydrogen (secondary N) is 1. The van der Waals surface area contributed by atoms with Gasteiger partial charge in [0.05, 0.1) is 17.5 Å². The number of rotatable bonds is 1. The van der Waals surface area contributed by atoms with E-state index in [1.54, 1.807) is 18.2 Å². The smallest absolute Gasteiger partial charge is 0.250 e. The highest BCUT2D eigenvalue weighted by molar-refractivity contribution is 6.36. The van der Waals surface area contributed by atoms with Gasteiger partial charge in [0.2, 0.25) is 17.7 Å². The minimum Gasteiger partial charge on any atom is -0.324 e. The van der Waals surface area contributed by atoms with Crippen molar-refractivity contribution < 1.29 is 14.4 Å². The quantitative estimate of drug-likeness (QED) is 0.688. The zero-order valence-electron chi connectivity index (χ0n) is 15.8. The lowest BCUT2D eigenvalue weighted by Crippen LogP contribution is -2.54. The van der Waals surface area contributed by atoms with Crippen LogP contribution in [0.1, 0.15) is 18.4 Å². The van der Waals surface area contributed by atoms with Gasteiger partial charge in [-0.2, -0.15) is 0 Å². The van der Waals surface area contributed by atoms with Crippen LogP contribution in [-0.2, 0) is 19.9 Å². The van der Waals surface area contributed by atoms with Gasteiger partial charge in [-0.1, -0.05) is 41.4 Å². The van der Waals surface area contributed by atoms with Crippen molar-refractivity contribution in [2.24, 2.45) is 11.8 Å². The van der Waals surface area contributed by atoms with Gasteiger partial charge in [-0.3, -0.25) is 19.3 Å². The maximum Gasteiger partial charge on any atom is 0.250 e. The van der Waals surface area contributed by atoms with Crippen LogP contribution in [-0.4, -0.2) is 35.2 Å². The van der Waals surface area contributed by atoms with E-state index >= 15 is 0 Å². The van der Waals surface area contributed by atoms with Crippen LogP contribution < -0.4 is 10.2 Å². The zero-order chi connectivity index (χ0) is 20.8. The lowest BCUT2D eigenvalue weighted by molar-refractivity contribution is -0.135. The predicted octanol–water partition coefficient (Wildman–Crippen LogP) is 3.42. The molecule has 4 heterocycles. The van der Waals surface area contributed by atoms with Gasteiger partial charge in [0, 0.05) is 27.3 Å². The predicted molar refractivity (Wildman–Crippen MR) is 112 cm³/mol. The molecule has 6 nitrogen and oxygen atoms in total. The van der Waals surface area contributed by atoms with Gasteiger partial charge in [-0.05, 0) is 43.7 Å². The van der Waals surface area contributed by atoms with E-state index in [1.807, 2.05) is 24.3 Å². The lowest BCUT2D eigenvalue weighted by atomic mass is 9.75. The Hall–Kier alpha value is -2.41. The van der Waals surface area contributed by atoms with Gasteiger partial charge >= 0.3 is 0 Å². The lowest BCUT2D eigenvalue weighted by Gasteiger charge is -2.36. The van der Waals surface area contributed by atoms with Crippen molar-refractivity contribution in [2.45, 2.75) is 24.4 Å². The molecule has 2 aromatic rings. The number of benzene rings is 2. The number of nitrogens with zero attached hydrogens (tertiary/aromatic N) is 2. The molecular formula is C22H17Cl2N3O3. The second-order valence-electron chi connectivity index (χ2n) is 8.31. The third kappa shape index (κ3) is 2.06. The maximum absolute atomic E-state index is 13.8. The van der Waals surface area contributed by atoms with Crippen LogP contribution in [0.5, 0.6) is 0 Å². The minimum absolute atomic E-state index is 0.150. The van der Waals surface area contributed by atoms with Gasteiger partial charge < -0.3 is 5.32 Å². The summed E-state index contributed by atoms with van der Waals surface area (Å²) in [5, 5.41) is 3.65. The summed E-state index contributed by atoms with van der Waals surface area (Å²) in [6.07, 6.45) is 1.66. The molecule has 0 unspecified atom stereocenters. The standard InChI is InChI=1S/C22H17Cl2N3O3/c23-11-8-12(24)10-13(9-11)27-19(28)17-16-6-3-7-26(16)22(18(17)20(27)29)14-4-1-2-5-15(14)25-21(22)30/h1-2,4-5,8-10,16-18H,3,6-7H2,(H,25,30)/t16-,17+,18+,22-/m0/s1. The maximum atomic E-state index is 13.8. The second kappa shape index (κ2) is 6.06. The summed E-state index contributed by atoms with van der Waals surface area (Å²) in [7, 11) is 0. The average Bonchev–Trinajstić information content (AvgIpc) is 3.39. The first-order valence-electron chi connectivity index (χ1n) is 9.96. The van der Waals surface area contributed by atoms with E-state index in [-0.39, 0.29) is 23.8 Å². The molecule has 4 aliphatic heterocycles. The molecule has 0 radical (unpaired) electrons. The highest BCUT2D eigenvalue weighted by Gasteiger charge is 2.74. The first kappa shape index (κ1) is 18.4. The Balaban J connectivity index is 1.56. The summed E-state index contributed by atoms with van der Waals surface area (Å²) in [6, 6.07) is 12.0. The number of hydrogen-bond acceptors (Lipinski definition) is 4. The first-order chi connectivity index (χ1) is 14.4. The van der Waals surface area contributed by atoms with E-state index in [0.29, 0.717) is 28.0 Å². The SMILES string of the molecule is O=C1[C@@H]2[C@@H]3CCCN3[C@]3(C(=O)Nc4ccccc43)[C@H]2C(=O)N1c1cc(Cl)cc(Cl)c1. The molecule has 8 heteroatoms. The van der Waals surface area contributed by atoms with Crippen LogP contribution in [0.2, 0.25) is 10.0 Å². The zero-order valence-corrected chi connectivity index (χ0v) is 17.3. The van der Waals surface area contributed by atoms with E-state index in [4.69, 9.17) is 23.2 Å². The number of halogens is 2. The number of para-hydroxylation sites is 1. The van der Waals surface area contributed by atoms with Crippen LogP contribution in [0.25, 0.3) is 0 Å². The molecule has 0 aromatic heterocycles. The molecule has 3 saturated heterocycles. The minimum atomic E-state index is -1.16. The van der Waals surface area contributed by atoms with Gasteiger partial charge in [0.15, 0.2) is 0 Å². The Labute approximate surface area is 182 Å². The average molecular weight is 442 g/mol. The summed E-state index contributed by atoms with van der Waals surface area (Å²) in [5.74, 6) is -2.24. The highest BCUT2D eigenvalue weighted by Crippen LogP contribution is 2.60. The van der Waals surface area contributed by atoms with E-state index in [2.05, 4.69) is 10.2 Å². The Morgan fingerprint density at radius 1 is 1.00 bits per heavy atom. The van der Waals surface area contributed by atoms with Crippen molar-refractivity contribution in [1.29, 1.82) is 0 Å². The third-order valence-corrected chi connectivity index (χ3v) is 7.44. The molecule has 30 heavy (non-hydrogen) atoms. The van der Waals surface area contributed by atoms with Gasteiger partial charge in [0.25, 0.3) is 0 Å². The molecule has 0 aliphatic carbocycles. The second-order valence-corrected chi connectivity index (χ2v) is 9.18.